The van der Waals surface area contributed by atoms with Gasteiger partial charge in [-0.2, -0.15) is 5.06 Å². The number of ether oxygens (including phenoxy) is 1. The van der Waals surface area contributed by atoms with E-state index in [2.05, 4.69) is 46.5 Å². The van der Waals surface area contributed by atoms with Crippen molar-refractivity contribution in [3.05, 3.63) is 12.2 Å². The molecule has 6 aliphatic rings. The molecule has 0 aromatic rings. The molecule has 5 saturated carbocycles. The number of carbonyl (C=O) groups is 2. The molecule has 1 aliphatic heterocycles. The van der Waals surface area contributed by atoms with E-state index in [-0.39, 0.29) is 51.4 Å². The number of hydrogen-bond acceptors (Lipinski definition) is 6. The van der Waals surface area contributed by atoms with Gasteiger partial charge in [-0.25, -0.2) is 4.79 Å². The lowest BCUT2D eigenvalue weighted by Gasteiger charge is -2.72. The maximum Gasteiger partial charge on any atom is 0.326 e. The lowest BCUT2D eigenvalue weighted by molar-refractivity contribution is -0.247. The number of carbonyl (C=O) groups excluding carboxylic acids is 1. The molecule has 0 spiro atoms. The maximum absolute atomic E-state index is 14.7. The van der Waals surface area contributed by atoms with Crippen LogP contribution in [0.25, 0.3) is 0 Å². The average molecular weight is 671 g/mol. The number of aliphatic carboxylic acids is 1. The smallest absolute Gasteiger partial charge is 0.326 e. The van der Waals surface area contributed by atoms with Gasteiger partial charge < -0.3 is 20.3 Å². The molecule has 1 amide bonds. The number of fused-ring (bicyclic) bond motifs is 7. The van der Waals surface area contributed by atoms with Gasteiger partial charge in [0.2, 0.25) is 5.91 Å². The lowest BCUT2D eigenvalue weighted by Crippen LogP contribution is -2.67. The van der Waals surface area contributed by atoms with Crippen molar-refractivity contribution in [3.63, 3.8) is 0 Å². The predicted octanol–water partition coefficient (Wildman–Crippen LogP) is 6.86. The van der Waals surface area contributed by atoms with Gasteiger partial charge >= 0.3 is 5.97 Å². The number of nitrogens with one attached hydrogen (secondary N) is 1. The Morgan fingerprint density at radius 1 is 0.917 bits per heavy atom. The van der Waals surface area contributed by atoms with Gasteiger partial charge in [0.15, 0.2) is 0 Å². The zero-order valence-electron chi connectivity index (χ0n) is 31.1. The minimum atomic E-state index is -0.943. The molecule has 0 aromatic heterocycles. The van der Waals surface area contributed by atoms with Crippen LogP contribution in [0, 0.1) is 62.6 Å². The van der Waals surface area contributed by atoms with E-state index in [1.165, 1.54) is 0 Å². The van der Waals surface area contributed by atoms with E-state index in [0.29, 0.717) is 44.0 Å². The molecule has 6 rings (SSSR count). The van der Waals surface area contributed by atoms with Crippen molar-refractivity contribution in [1.82, 2.24) is 10.4 Å². The van der Waals surface area contributed by atoms with Gasteiger partial charge in [0, 0.05) is 13.1 Å². The van der Waals surface area contributed by atoms with Gasteiger partial charge in [-0.15, -0.1) is 0 Å². The Bertz CT molecular complexity index is 1250. The van der Waals surface area contributed by atoms with Crippen LogP contribution in [0.15, 0.2) is 12.2 Å². The van der Waals surface area contributed by atoms with Crippen LogP contribution in [-0.4, -0.2) is 72.2 Å². The molecule has 0 unspecified atom stereocenters. The summed E-state index contributed by atoms with van der Waals surface area (Å²) in [4.78, 5) is 33.3. The summed E-state index contributed by atoms with van der Waals surface area (Å²) in [5.41, 5.74) is 0.762. The fraction of sp³-hybridized carbons (Fsp3) is 0.900. The Labute approximate surface area is 290 Å². The number of hydrogen-bond donors (Lipinski definition) is 3. The van der Waals surface area contributed by atoms with Crippen LogP contribution in [0.2, 0.25) is 0 Å². The zero-order valence-corrected chi connectivity index (χ0v) is 31.1. The molecule has 1 heterocycles. The fourth-order valence-corrected chi connectivity index (χ4v) is 13.4. The van der Waals surface area contributed by atoms with Crippen LogP contribution in [0.5, 0.6) is 0 Å². The summed E-state index contributed by atoms with van der Waals surface area (Å²) in [6.07, 6.45) is 10.2. The Balaban J connectivity index is 1.33. The minimum Gasteiger partial charge on any atom is -0.480 e. The Morgan fingerprint density at radius 3 is 2.29 bits per heavy atom. The van der Waals surface area contributed by atoms with E-state index in [1.54, 1.807) is 0 Å². The zero-order chi connectivity index (χ0) is 34.9. The molecule has 11 atom stereocenters. The standard InChI is InChI=1S/C40H66N2O6/c1-25(2)23-29(34(44)45)41-35(46)40-16-11-27(26(3)24-48-42-19-21-47-22-20-42)33(40)28-9-10-31-37(6)14-13-32(43)36(4,5)30(37)12-15-39(31,8)38(28,7)17-18-40/h25,27-33,43H,3,9-24H2,1-2,4-8H3,(H,41,46)(H,44,45)/t27-,28+,29-,30-,31+,32-,33+,37-,38+,39+,40-/m0/s1. The van der Waals surface area contributed by atoms with Gasteiger partial charge in [-0.1, -0.05) is 55.0 Å². The van der Waals surface area contributed by atoms with Crippen LogP contribution in [0.4, 0.5) is 0 Å². The van der Waals surface area contributed by atoms with E-state index in [9.17, 15) is 19.8 Å². The summed E-state index contributed by atoms with van der Waals surface area (Å²) in [7, 11) is 0. The Kier molecular flexibility index (Phi) is 9.79. The Hall–Kier alpha value is -1.48. The van der Waals surface area contributed by atoms with Crippen LogP contribution in [-0.2, 0) is 19.2 Å². The first-order valence-electron chi connectivity index (χ1n) is 19.4. The first kappa shape index (κ1) is 36.3. The van der Waals surface area contributed by atoms with Crippen LogP contribution < -0.4 is 5.32 Å². The molecule has 3 N–H and O–H groups in total. The third-order valence-electron chi connectivity index (χ3n) is 16.1. The van der Waals surface area contributed by atoms with E-state index >= 15 is 0 Å². The van der Waals surface area contributed by atoms with E-state index in [4.69, 9.17) is 9.57 Å². The predicted molar refractivity (Wildman–Crippen MR) is 187 cm³/mol. The van der Waals surface area contributed by atoms with E-state index in [1.807, 2.05) is 18.9 Å². The summed E-state index contributed by atoms with van der Waals surface area (Å²) < 4.78 is 5.53. The van der Waals surface area contributed by atoms with Gasteiger partial charge in [0.05, 0.1) is 31.3 Å². The number of carboxylic acid groups (broad SMARTS) is 1. The van der Waals surface area contributed by atoms with Crippen molar-refractivity contribution in [2.45, 2.75) is 131 Å². The number of amides is 1. The second kappa shape index (κ2) is 12.9. The van der Waals surface area contributed by atoms with Crippen molar-refractivity contribution in [1.29, 1.82) is 0 Å². The summed E-state index contributed by atoms with van der Waals surface area (Å²) in [6, 6.07) is -0.874. The van der Waals surface area contributed by atoms with Crippen molar-refractivity contribution < 1.29 is 29.4 Å². The van der Waals surface area contributed by atoms with Gasteiger partial charge in [-0.3, -0.25) is 9.63 Å². The third-order valence-corrected chi connectivity index (χ3v) is 16.1. The van der Waals surface area contributed by atoms with Crippen molar-refractivity contribution in [3.8, 4) is 0 Å². The number of aliphatic hydroxyl groups excluding tert-OH is 1. The monoisotopic (exact) mass is 670 g/mol. The first-order valence-corrected chi connectivity index (χ1v) is 19.4. The highest BCUT2D eigenvalue weighted by molar-refractivity contribution is 5.88. The lowest BCUT2D eigenvalue weighted by atomic mass is 9.32. The van der Waals surface area contributed by atoms with Crippen LogP contribution in [0.3, 0.4) is 0 Å². The molecule has 5 aliphatic carbocycles. The largest absolute Gasteiger partial charge is 0.480 e. The number of morpholine rings is 1. The number of aliphatic hydroxyl groups is 1. The summed E-state index contributed by atoms with van der Waals surface area (Å²) in [5.74, 6) is 0.880. The first-order chi connectivity index (χ1) is 22.5. The molecule has 0 radical (unpaired) electrons. The maximum atomic E-state index is 14.7. The summed E-state index contributed by atoms with van der Waals surface area (Å²) >= 11 is 0. The van der Waals surface area contributed by atoms with Crippen molar-refractivity contribution in [2.75, 3.05) is 32.9 Å². The highest BCUT2D eigenvalue weighted by Crippen LogP contribution is 2.77. The average Bonchev–Trinajstić information content (AvgIpc) is 3.43. The molecule has 1 saturated heterocycles. The molecular weight excluding hydrogens is 604 g/mol. The second-order valence-electron chi connectivity index (χ2n) is 18.8. The molecule has 0 bridgehead atoms. The summed E-state index contributed by atoms with van der Waals surface area (Å²) in [6.45, 7) is 24.3. The molecule has 8 heteroatoms. The second-order valence-corrected chi connectivity index (χ2v) is 18.8. The van der Waals surface area contributed by atoms with E-state index in [0.717, 1.165) is 82.9 Å². The number of rotatable bonds is 9. The van der Waals surface area contributed by atoms with Crippen LogP contribution >= 0.6 is 0 Å². The fourth-order valence-electron chi connectivity index (χ4n) is 13.4. The quantitative estimate of drug-likeness (QED) is 0.230. The third kappa shape index (κ3) is 5.62. The van der Waals surface area contributed by atoms with Gasteiger partial charge in [0.1, 0.15) is 6.04 Å². The highest BCUT2D eigenvalue weighted by Gasteiger charge is 2.72. The van der Waals surface area contributed by atoms with Crippen LogP contribution in [0.1, 0.15) is 119 Å². The van der Waals surface area contributed by atoms with Gasteiger partial charge in [0.25, 0.3) is 0 Å². The minimum absolute atomic E-state index is 0.0436. The van der Waals surface area contributed by atoms with Crippen molar-refractivity contribution >= 4 is 11.9 Å². The van der Waals surface area contributed by atoms with Crippen molar-refractivity contribution in [2.24, 2.45) is 62.6 Å². The Morgan fingerprint density at radius 2 is 1.62 bits per heavy atom. The molecular formula is C40H66N2O6. The van der Waals surface area contributed by atoms with E-state index < -0.39 is 17.4 Å². The number of carboxylic acids is 1. The molecule has 272 valence electrons. The molecule has 0 aromatic carbocycles. The summed E-state index contributed by atoms with van der Waals surface area (Å²) in [5, 5.41) is 26.4. The topological polar surface area (TPSA) is 108 Å². The number of hydroxylamine groups is 2. The normalized spacial score (nSPS) is 44.5. The molecule has 6 fully saturated rings. The molecule has 8 nitrogen and oxygen atoms in total. The molecule has 48 heavy (non-hydrogen) atoms. The number of nitrogens with zero attached hydrogens (tertiary/aromatic N) is 1. The van der Waals surface area contributed by atoms with Gasteiger partial charge in [-0.05, 0) is 133 Å². The SMILES string of the molecule is C=C(CON1CCOCC1)[C@@H]1CC[C@]2(C(=O)N[C@@H](CC(C)C)C(=O)O)CC[C@]3(C)[C@H](CC[C@@H]4[C@@]5(C)CC[C@H](O)C(C)(C)[C@@H]5CC[C@]43C)[C@@H]12. The highest BCUT2D eigenvalue weighted by atomic mass is 16.7.